The van der Waals surface area contributed by atoms with Gasteiger partial charge in [-0.25, -0.2) is 4.79 Å². The van der Waals surface area contributed by atoms with Crippen LogP contribution in [0.5, 0.6) is 0 Å². The summed E-state index contributed by atoms with van der Waals surface area (Å²) in [5.74, 6) is -0.323. The molecule has 1 heterocycles. The highest BCUT2D eigenvalue weighted by Crippen LogP contribution is 2.31. The second kappa shape index (κ2) is 4.75. The Morgan fingerprint density at radius 1 is 1.24 bits per heavy atom. The van der Waals surface area contributed by atoms with E-state index in [1.165, 1.54) is 7.11 Å². The van der Waals surface area contributed by atoms with E-state index in [2.05, 4.69) is 15.9 Å². The first-order valence-corrected chi connectivity index (χ1v) is 5.92. The van der Waals surface area contributed by atoms with Gasteiger partial charge in [0.1, 0.15) is 0 Å². The summed E-state index contributed by atoms with van der Waals surface area (Å²) < 4.78 is 7.59. The first-order valence-electron chi connectivity index (χ1n) is 5.12. The molecule has 17 heavy (non-hydrogen) atoms. The summed E-state index contributed by atoms with van der Waals surface area (Å²) in [6, 6.07) is 7.79. The van der Waals surface area contributed by atoms with E-state index in [0.29, 0.717) is 5.56 Å². The summed E-state index contributed by atoms with van der Waals surface area (Å²) in [4.78, 5) is 11.7. The van der Waals surface area contributed by atoms with Crippen molar-refractivity contribution in [2.75, 3.05) is 7.11 Å². The number of esters is 1. The Bertz CT molecular complexity index is 560. The van der Waals surface area contributed by atoms with Gasteiger partial charge < -0.3 is 9.30 Å². The van der Waals surface area contributed by atoms with Crippen molar-refractivity contribution in [3.63, 3.8) is 0 Å². The minimum absolute atomic E-state index is 0.323. The summed E-state index contributed by atoms with van der Waals surface area (Å²) in [5, 5.41) is 0. The molecule has 0 aliphatic rings. The molecule has 0 bridgehead atoms. The largest absolute Gasteiger partial charge is 0.465 e. The molecule has 1 aromatic carbocycles. The molecule has 0 saturated carbocycles. The molecule has 88 valence electrons. The van der Waals surface area contributed by atoms with Gasteiger partial charge in [0.15, 0.2) is 0 Å². The molecule has 0 amide bonds. The van der Waals surface area contributed by atoms with E-state index < -0.39 is 0 Å². The average Bonchev–Trinajstić information content (AvgIpc) is 2.71. The van der Waals surface area contributed by atoms with Crippen molar-refractivity contribution in [1.29, 1.82) is 0 Å². The molecule has 0 atom stereocenters. The monoisotopic (exact) mass is 293 g/mol. The summed E-state index contributed by atoms with van der Waals surface area (Å²) in [5.41, 5.74) is 2.42. The molecule has 0 saturated heterocycles. The zero-order valence-corrected chi connectivity index (χ0v) is 11.2. The minimum Gasteiger partial charge on any atom is -0.465 e. The smallest absolute Gasteiger partial charge is 0.340 e. The molecule has 0 aliphatic heterocycles. The molecule has 2 rings (SSSR count). The highest BCUT2D eigenvalue weighted by atomic mass is 79.9. The summed E-state index contributed by atoms with van der Waals surface area (Å²) in [6.07, 6.45) is 3.67. The van der Waals surface area contributed by atoms with E-state index >= 15 is 0 Å². The van der Waals surface area contributed by atoms with E-state index in [1.54, 1.807) is 6.20 Å². The molecule has 0 unspecified atom stereocenters. The zero-order valence-electron chi connectivity index (χ0n) is 9.61. The molecule has 0 aliphatic carbocycles. The van der Waals surface area contributed by atoms with Gasteiger partial charge in [0, 0.05) is 29.5 Å². The lowest BCUT2D eigenvalue weighted by Crippen LogP contribution is -2.01. The number of halogens is 1. The van der Waals surface area contributed by atoms with Gasteiger partial charge in [0.05, 0.1) is 12.7 Å². The number of methoxy groups -OCH3 is 1. The second-order valence-corrected chi connectivity index (χ2v) is 4.58. The Hall–Kier alpha value is -1.55. The first-order chi connectivity index (χ1) is 8.13. The van der Waals surface area contributed by atoms with Crippen molar-refractivity contribution in [3.05, 3.63) is 46.7 Å². The van der Waals surface area contributed by atoms with Crippen molar-refractivity contribution in [2.24, 2.45) is 7.05 Å². The lowest BCUT2D eigenvalue weighted by molar-refractivity contribution is 0.0601. The van der Waals surface area contributed by atoms with Gasteiger partial charge in [-0.1, -0.05) is 34.1 Å². The molecule has 3 nitrogen and oxygen atoms in total. The molecule has 0 N–H and O–H groups in total. The number of carbonyl (C=O) groups is 1. The van der Waals surface area contributed by atoms with Crippen LogP contribution in [-0.4, -0.2) is 17.6 Å². The minimum atomic E-state index is -0.323. The Morgan fingerprint density at radius 3 is 2.59 bits per heavy atom. The van der Waals surface area contributed by atoms with Crippen LogP contribution >= 0.6 is 15.9 Å². The van der Waals surface area contributed by atoms with Gasteiger partial charge in [0.25, 0.3) is 0 Å². The third-order valence-corrected chi connectivity index (χ3v) is 3.22. The third-order valence-electron chi connectivity index (χ3n) is 2.52. The van der Waals surface area contributed by atoms with Gasteiger partial charge in [-0.3, -0.25) is 0 Å². The Labute approximate surface area is 108 Å². The van der Waals surface area contributed by atoms with Crippen LogP contribution in [0.2, 0.25) is 0 Å². The van der Waals surface area contributed by atoms with Gasteiger partial charge >= 0.3 is 5.97 Å². The topological polar surface area (TPSA) is 31.2 Å². The SMILES string of the molecule is COC(=O)c1cn(C)cc1-c1ccccc1Br. The predicted molar refractivity (Wildman–Crippen MR) is 69.9 cm³/mol. The number of nitrogens with zero attached hydrogens (tertiary/aromatic N) is 1. The van der Waals surface area contributed by atoms with Crippen LogP contribution in [0.3, 0.4) is 0 Å². The molecular weight excluding hydrogens is 282 g/mol. The number of rotatable bonds is 2. The second-order valence-electron chi connectivity index (χ2n) is 3.72. The van der Waals surface area contributed by atoms with Crippen molar-refractivity contribution in [3.8, 4) is 11.1 Å². The number of ether oxygens (including phenoxy) is 1. The maximum Gasteiger partial charge on any atom is 0.340 e. The van der Waals surface area contributed by atoms with E-state index in [1.807, 2.05) is 42.1 Å². The van der Waals surface area contributed by atoms with Crippen LogP contribution in [0.15, 0.2) is 41.1 Å². The molecule has 0 radical (unpaired) electrons. The van der Waals surface area contributed by atoms with E-state index in [9.17, 15) is 4.79 Å². The van der Waals surface area contributed by atoms with Gasteiger partial charge in [-0.05, 0) is 11.6 Å². The maximum atomic E-state index is 11.7. The summed E-state index contributed by atoms with van der Waals surface area (Å²) in [7, 11) is 3.27. The first kappa shape index (κ1) is 11.9. The Balaban J connectivity index is 2.60. The number of aryl methyl sites for hydroxylation is 1. The van der Waals surface area contributed by atoms with Crippen LogP contribution in [-0.2, 0) is 11.8 Å². The lowest BCUT2D eigenvalue weighted by atomic mass is 10.1. The van der Waals surface area contributed by atoms with Crippen LogP contribution in [0.1, 0.15) is 10.4 Å². The Kier molecular flexibility index (Phi) is 3.33. The predicted octanol–water partition coefficient (Wildman–Crippen LogP) is 3.24. The summed E-state index contributed by atoms with van der Waals surface area (Å²) in [6.45, 7) is 0. The van der Waals surface area contributed by atoms with E-state index in [-0.39, 0.29) is 5.97 Å². The molecule has 1 aromatic heterocycles. The molecule has 0 fully saturated rings. The van der Waals surface area contributed by atoms with Gasteiger partial charge in [0.2, 0.25) is 0 Å². The molecule has 0 spiro atoms. The zero-order chi connectivity index (χ0) is 12.4. The van der Waals surface area contributed by atoms with E-state index in [4.69, 9.17) is 4.74 Å². The molecular formula is C13H12BrNO2. The van der Waals surface area contributed by atoms with Gasteiger partial charge in [-0.2, -0.15) is 0 Å². The van der Waals surface area contributed by atoms with Crippen molar-refractivity contribution >= 4 is 21.9 Å². The normalized spacial score (nSPS) is 10.3. The van der Waals surface area contributed by atoms with Crippen molar-refractivity contribution in [1.82, 2.24) is 4.57 Å². The standard InChI is InChI=1S/C13H12BrNO2/c1-15-7-10(11(8-15)13(16)17-2)9-5-3-4-6-12(9)14/h3-8H,1-2H3. The number of hydrogen-bond acceptors (Lipinski definition) is 2. The van der Waals surface area contributed by atoms with Crippen molar-refractivity contribution in [2.45, 2.75) is 0 Å². The average molecular weight is 294 g/mol. The third kappa shape index (κ3) is 2.26. The van der Waals surface area contributed by atoms with Gasteiger partial charge in [-0.15, -0.1) is 0 Å². The highest BCUT2D eigenvalue weighted by molar-refractivity contribution is 9.10. The lowest BCUT2D eigenvalue weighted by Gasteiger charge is -2.04. The molecule has 4 heteroatoms. The Morgan fingerprint density at radius 2 is 1.94 bits per heavy atom. The fourth-order valence-electron chi connectivity index (χ4n) is 1.75. The van der Waals surface area contributed by atoms with Crippen LogP contribution in [0.4, 0.5) is 0 Å². The molecule has 2 aromatic rings. The highest BCUT2D eigenvalue weighted by Gasteiger charge is 2.16. The van der Waals surface area contributed by atoms with Crippen LogP contribution in [0.25, 0.3) is 11.1 Å². The maximum absolute atomic E-state index is 11.7. The van der Waals surface area contributed by atoms with E-state index in [0.717, 1.165) is 15.6 Å². The number of aromatic nitrogens is 1. The van der Waals surface area contributed by atoms with Crippen LogP contribution < -0.4 is 0 Å². The van der Waals surface area contributed by atoms with Crippen molar-refractivity contribution < 1.29 is 9.53 Å². The number of carbonyl (C=O) groups excluding carboxylic acids is 1. The summed E-state index contributed by atoms with van der Waals surface area (Å²) >= 11 is 3.49. The fraction of sp³-hybridized carbons (Fsp3) is 0.154. The number of hydrogen-bond donors (Lipinski definition) is 0. The number of benzene rings is 1. The van der Waals surface area contributed by atoms with Crippen LogP contribution in [0, 0.1) is 0 Å². The quantitative estimate of drug-likeness (QED) is 0.796. The fourth-order valence-corrected chi connectivity index (χ4v) is 2.25.